The van der Waals surface area contributed by atoms with Crippen LogP contribution in [-0.4, -0.2) is 39.7 Å². The quantitative estimate of drug-likeness (QED) is 0.704. The van der Waals surface area contributed by atoms with E-state index in [1.54, 1.807) is 19.2 Å². The number of anilines is 1. The Morgan fingerprint density at radius 2 is 1.81 bits per heavy atom. The SMILES string of the molecule is CCN(Cc1ccccc1)c1nn(-c2ccccc2OC)nc1C(=O)O. The van der Waals surface area contributed by atoms with Gasteiger partial charge in [0.1, 0.15) is 11.4 Å². The summed E-state index contributed by atoms with van der Waals surface area (Å²) in [6.45, 7) is 3.10. The molecule has 0 fully saturated rings. The van der Waals surface area contributed by atoms with E-state index in [1.165, 1.54) is 4.80 Å². The Morgan fingerprint density at radius 1 is 1.12 bits per heavy atom. The van der Waals surface area contributed by atoms with Gasteiger partial charge >= 0.3 is 5.97 Å². The van der Waals surface area contributed by atoms with E-state index in [4.69, 9.17) is 4.74 Å². The predicted octanol–water partition coefficient (Wildman–Crippen LogP) is 3.00. The van der Waals surface area contributed by atoms with Crippen molar-refractivity contribution in [1.82, 2.24) is 15.0 Å². The maximum absolute atomic E-state index is 11.7. The summed E-state index contributed by atoms with van der Waals surface area (Å²) in [5, 5.41) is 18.2. The second-order valence-corrected chi connectivity index (χ2v) is 5.64. The van der Waals surface area contributed by atoms with E-state index in [0.29, 0.717) is 30.3 Å². The van der Waals surface area contributed by atoms with Gasteiger partial charge in [0.25, 0.3) is 0 Å². The molecule has 1 N–H and O–H groups in total. The number of carboxylic acids is 1. The average molecular weight is 352 g/mol. The Bertz CT molecular complexity index is 893. The largest absolute Gasteiger partial charge is 0.494 e. The van der Waals surface area contributed by atoms with Gasteiger partial charge < -0.3 is 14.7 Å². The summed E-state index contributed by atoms with van der Waals surface area (Å²) in [5.41, 5.74) is 1.56. The highest BCUT2D eigenvalue weighted by atomic mass is 16.5. The lowest BCUT2D eigenvalue weighted by Crippen LogP contribution is -2.24. The number of hydrogen-bond donors (Lipinski definition) is 1. The van der Waals surface area contributed by atoms with Crippen LogP contribution in [0.2, 0.25) is 0 Å². The lowest BCUT2D eigenvalue weighted by molar-refractivity contribution is 0.0690. The first-order valence-corrected chi connectivity index (χ1v) is 8.27. The first kappa shape index (κ1) is 17.5. The van der Waals surface area contributed by atoms with Crippen LogP contribution in [0.1, 0.15) is 23.0 Å². The number of ether oxygens (including phenoxy) is 1. The van der Waals surface area contributed by atoms with Gasteiger partial charge in [0.2, 0.25) is 5.69 Å². The molecule has 0 atom stereocenters. The minimum Gasteiger partial charge on any atom is -0.494 e. The fraction of sp³-hybridized carbons (Fsp3) is 0.211. The Labute approximate surface area is 151 Å². The molecule has 0 spiro atoms. The van der Waals surface area contributed by atoms with Gasteiger partial charge in [-0.05, 0) is 24.6 Å². The van der Waals surface area contributed by atoms with Gasteiger partial charge in [0.15, 0.2) is 5.82 Å². The first-order valence-electron chi connectivity index (χ1n) is 8.27. The third kappa shape index (κ3) is 3.51. The smallest absolute Gasteiger partial charge is 0.360 e. The molecule has 1 heterocycles. The van der Waals surface area contributed by atoms with Crippen LogP contribution in [-0.2, 0) is 6.54 Å². The number of methoxy groups -OCH3 is 1. The molecule has 3 aromatic rings. The molecular weight excluding hydrogens is 332 g/mol. The van der Waals surface area contributed by atoms with E-state index >= 15 is 0 Å². The molecule has 0 aliphatic carbocycles. The highest BCUT2D eigenvalue weighted by Crippen LogP contribution is 2.25. The molecule has 26 heavy (non-hydrogen) atoms. The highest BCUT2D eigenvalue weighted by Gasteiger charge is 2.24. The monoisotopic (exact) mass is 352 g/mol. The molecule has 7 nitrogen and oxygen atoms in total. The molecule has 0 radical (unpaired) electrons. The second-order valence-electron chi connectivity index (χ2n) is 5.64. The third-order valence-electron chi connectivity index (χ3n) is 4.00. The van der Waals surface area contributed by atoms with Crippen LogP contribution in [0, 0.1) is 0 Å². The van der Waals surface area contributed by atoms with Gasteiger partial charge in [-0.15, -0.1) is 15.0 Å². The molecule has 1 aromatic heterocycles. The van der Waals surface area contributed by atoms with Crippen LogP contribution < -0.4 is 9.64 Å². The fourth-order valence-electron chi connectivity index (χ4n) is 2.69. The van der Waals surface area contributed by atoms with Crippen LogP contribution in [0.4, 0.5) is 5.82 Å². The summed E-state index contributed by atoms with van der Waals surface area (Å²) in [4.78, 5) is 14.9. The first-order chi connectivity index (χ1) is 12.6. The zero-order valence-electron chi connectivity index (χ0n) is 14.7. The molecular formula is C19H20N4O3. The summed E-state index contributed by atoms with van der Waals surface area (Å²) < 4.78 is 5.33. The summed E-state index contributed by atoms with van der Waals surface area (Å²) in [7, 11) is 1.55. The zero-order chi connectivity index (χ0) is 18.5. The fourth-order valence-corrected chi connectivity index (χ4v) is 2.69. The lowest BCUT2D eigenvalue weighted by atomic mass is 10.2. The number of aromatic carboxylic acids is 1. The summed E-state index contributed by atoms with van der Waals surface area (Å²) in [5.74, 6) is -0.223. The molecule has 0 saturated heterocycles. The van der Waals surface area contributed by atoms with Gasteiger partial charge in [-0.25, -0.2) is 4.79 Å². The number of hydrogen-bond acceptors (Lipinski definition) is 5. The van der Waals surface area contributed by atoms with E-state index in [2.05, 4.69) is 10.2 Å². The lowest BCUT2D eigenvalue weighted by Gasteiger charge is -2.20. The Morgan fingerprint density at radius 3 is 2.46 bits per heavy atom. The maximum atomic E-state index is 11.7. The minimum absolute atomic E-state index is 0.0892. The van der Waals surface area contributed by atoms with E-state index in [9.17, 15) is 9.90 Å². The number of carbonyl (C=O) groups is 1. The number of carboxylic acid groups (broad SMARTS) is 1. The molecule has 0 unspecified atom stereocenters. The van der Waals surface area contributed by atoms with Crippen molar-refractivity contribution in [2.75, 3.05) is 18.6 Å². The molecule has 2 aromatic carbocycles. The van der Waals surface area contributed by atoms with Crippen molar-refractivity contribution in [2.45, 2.75) is 13.5 Å². The number of rotatable bonds is 7. The van der Waals surface area contributed by atoms with Crippen LogP contribution in [0.15, 0.2) is 54.6 Å². The predicted molar refractivity (Wildman–Crippen MR) is 98.0 cm³/mol. The topological polar surface area (TPSA) is 80.5 Å². The molecule has 0 saturated carbocycles. The van der Waals surface area contributed by atoms with Gasteiger partial charge in [-0.2, -0.15) is 0 Å². The van der Waals surface area contributed by atoms with Crippen molar-refractivity contribution in [3.63, 3.8) is 0 Å². The van der Waals surface area contributed by atoms with Gasteiger partial charge in [0.05, 0.1) is 7.11 Å². The van der Waals surface area contributed by atoms with Gasteiger partial charge in [0, 0.05) is 13.1 Å². The third-order valence-corrected chi connectivity index (χ3v) is 4.00. The standard InChI is InChI=1S/C19H20N4O3/c1-3-22(13-14-9-5-4-6-10-14)18-17(19(24)25)20-23(21-18)15-11-7-8-12-16(15)26-2/h4-12H,3,13H2,1-2H3,(H,24,25). The van der Waals surface area contributed by atoms with Crippen molar-refractivity contribution < 1.29 is 14.6 Å². The number of aromatic nitrogens is 3. The van der Waals surface area contributed by atoms with Gasteiger partial charge in [-0.3, -0.25) is 0 Å². The molecule has 3 rings (SSSR count). The molecule has 0 aliphatic heterocycles. The van der Waals surface area contributed by atoms with E-state index in [0.717, 1.165) is 5.56 Å². The van der Waals surface area contributed by atoms with Crippen molar-refractivity contribution in [3.05, 3.63) is 65.9 Å². The maximum Gasteiger partial charge on any atom is 0.360 e. The molecule has 134 valence electrons. The summed E-state index contributed by atoms with van der Waals surface area (Å²) >= 11 is 0. The Kier molecular flexibility index (Phi) is 5.17. The molecule has 0 bridgehead atoms. The van der Waals surface area contributed by atoms with Crippen molar-refractivity contribution >= 4 is 11.8 Å². The van der Waals surface area contributed by atoms with E-state index < -0.39 is 5.97 Å². The number of para-hydroxylation sites is 2. The van der Waals surface area contributed by atoms with Crippen LogP contribution in [0.5, 0.6) is 5.75 Å². The average Bonchev–Trinajstić information content (AvgIpc) is 3.12. The Balaban J connectivity index is 2.03. The van der Waals surface area contributed by atoms with Crippen molar-refractivity contribution in [2.24, 2.45) is 0 Å². The normalized spacial score (nSPS) is 10.5. The second kappa shape index (κ2) is 7.69. The summed E-state index contributed by atoms with van der Waals surface area (Å²) in [6.07, 6.45) is 0. The zero-order valence-corrected chi connectivity index (χ0v) is 14.7. The minimum atomic E-state index is -1.12. The van der Waals surface area contributed by atoms with Crippen LogP contribution in [0.25, 0.3) is 5.69 Å². The van der Waals surface area contributed by atoms with Crippen LogP contribution in [0.3, 0.4) is 0 Å². The van der Waals surface area contributed by atoms with E-state index in [-0.39, 0.29) is 5.69 Å². The molecule has 0 amide bonds. The molecule has 0 aliphatic rings. The van der Waals surface area contributed by atoms with Crippen LogP contribution >= 0.6 is 0 Å². The van der Waals surface area contributed by atoms with Gasteiger partial charge in [-0.1, -0.05) is 42.5 Å². The number of nitrogens with zero attached hydrogens (tertiary/aromatic N) is 4. The highest BCUT2D eigenvalue weighted by molar-refractivity contribution is 5.91. The molecule has 7 heteroatoms. The number of benzene rings is 2. The van der Waals surface area contributed by atoms with Crippen molar-refractivity contribution in [3.8, 4) is 11.4 Å². The Hall–Kier alpha value is -3.35. The summed E-state index contributed by atoms with van der Waals surface area (Å²) in [6, 6.07) is 17.0. The van der Waals surface area contributed by atoms with Crippen molar-refractivity contribution in [1.29, 1.82) is 0 Å². The van der Waals surface area contributed by atoms with E-state index in [1.807, 2.05) is 54.3 Å².